The van der Waals surface area contributed by atoms with E-state index in [1.807, 2.05) is 0 Å². The van der Waals surface area contributed by atoms with Crippen LogP contribution in [0.4, 0.5) is 0 Å². The number of ether oxygens (including phenoxy) is 3. The van der Waals surface area contributed by atoms with Crippen molar-refractivity contribution in [3.63, 3.8) is 0 Å². The molecule has 0 rings (SSSR count). The van der Waals surface area contributed by atoms with Gasteiger partial charge in [-0.2, -0.15) is 0 Å². The summed E-state index contributed by atoms with van der Waals surface area (Å²) < 4.78 is 14.7. The minimum absolute atomic E-state index is 0.289. The molecule has 5 heteroatoms. The molecule has 0 saturated carbocycles. The van der Waals surface area contributed by atoms with Gasteiger partial charge in [0.15, 0.2) is 6.10 Å². The molecule has 78 valence electrons. The number of hydrogen-bond donors (Lipinski definition) is 1. The molecule has 0 aromatic rings. The van der Waals surface area contributed by atoms with Crippen molar-refractivity contribution in [2.45, 2.75) is 13.0 Å². The summed E-state index contributed by atoms with van der Waals surface area (Å²) in [6.45, 7) is 3.20. The third-order valence-corrected chi connectivity index (χ3v) is 1.38. The lowest BCUT2D eigenvalue weighted by Crippen LogP contribution is -2.22. The van der Waals surface area contributed by atoms with Gasteiger partial charge in [-0.15, -0.1) is 0 Å². The molecule has 0 bridgehead atoms. The maximum Gasteiger partial charge on any atom is 0.332 e. The van der Waals surface area contributed by atoms with Gasteiger partial charge in [0.2, 0.25) is 0 Å². The van der Waals surface area contributed by atoms with E-state index in [0.29, 0.717) is 19.8 Å². The van der Waals surface area contributed by atoms with Gasteiger partial charge in [0.25, 0.3) is 0 Å². The fraction of sp³-hybridized carbons (Fsp3) is 0.875. The average molecular weight is 192 g/mol. The van der Waals surface area contributed by atoms with Crippen LogP contribution in [0.1, 0.15) is 6.92 Å². The van der Waals surface area contributed by atoms with Crippen molar-refractivity contribution in [2.75, 3.05) is 33.5 Å². The van der Waals surface area contributed by atoms with E-state index in [4.69, 9.17) is 19.3 Å². The van der Waals surface area contributed by atoms with Crippen LogP contribution in [-0.2, 0) is 19.0 Å². The van der Waals surface area contributed by atoms with Crippen LogP contribution in [0.3, 0.4) is 0 Å². The molecule has 1 N–H and O–H groups in total. The summed E-state index contributed by atoms with van der Waals surface area (Å²) in [6, 6.07) is 0. The second-order valence-electron chi connectivity index (χ2n) is 2.46. The van der Waals surface area contributed by atoms with Crippen molar-refractivity contribution in [2.24, 2.45) is 0 Å². The molecule has 0 aliphatic rings. The third-order valence-electron chi connectivity index (χ3n) is 1.38. The highest BCUT2D eigenvalue weighted by Crippen LogP contribution is 1.90. The topological polar surface area (TPSA) is 65.0 Å². The molecular weight excluding hydrogens is 176 g/mol. The molecule has 0 aliphatic heterocycles. The number of hydrogen-bond acceptors (Lipinski definition) is 4. The summed E-state index contributed by atoms with van der Waals surface area (Å²) in [5, 5.41) is 8.44. The molecule has 1 unspecified atom stereocenters. The molecule has 0 spiro atoms. The number of carboxylic acids is 1. The summed E-state index contributed by atoms with van der Waals surface area (Å²) in [5.41, 5.74) is 0. The molecule has 5 nitrogen and oxygen atoms in total. The summed E-state index contributed by atoms with van der Waals surface area (Å²) >= 11 is 0. The van der Waals surface area contributed by atoms with E-state index in [9.17, 15) is 4.79 Å². The Balaban J connectivity index is 3.11. The Hall–Kier alpha value is -0.650. The first-order chi connectivity index (χ1) is 6.18. The van der Waals surface area contributed by atoms with Crippen LogP contribution in [0.25, 0.3) is 0 Å². The van der Waals surface area contributed by atoms with E-state index in [-0.39, 0.29) is 6.61 Å². The van der Waals surface area contributed by atoms with Crippen molar-refractivity contribution in [1.82, 2.24) is 0 Å². The van der Waals surface area contributed by atoms with Crippen LogP contribution in [0.2, 0.25) is 0 Å². The highest BCUT2D eigenvalue weighted by molar-refractivity contribution is 5.71. The fourth-order valence-corrected chi connectivity index (χ4v) is 0.599. The van der Waals surface area contributed by atoms with Gasteiger partial charge in [-0.3, -0.25) is 0 Å². The Kier molecular flexibility index (Phi) is 7.57. The molecule has 0 fully saturated rings. The molecule has 0 saturated heterocycles. The van der Waals surface area contributed by atoms with Crippen LogP contribution >= 0.6 is 0 Å². The quantitative estimate of drug-likeness (QED) is 0.554. The van der Waals surface area contributed by atoms with Crippen LogP contribution in [0.15, 0.2) is 0 Å². The minimum Gasteiger partial charge on any atom is -0.479 e. The maximum atomic E-state index is 10.3. The van der Waals surface area contributed by atoms with Gasteiger partial charge in [0.1, 0.15) is 0 Å². The molecule has 0 radical (unpaired) electrons. The van der Waals surface area contributed by atoms with E-state index < -0.39 is 12.1 Å². The van der Waals surface area contributed by atoms with Gasteiger partial charge in [0, 0.05) is 7.11 Å². The molecule has 0 aliphatic carbocycles. The molecule has 0 heterocycles. The molecule has 0 aromatic carbocycles. The zero-order valence-corrected chi connectivity index (χ0v) is 7.99. The van der Waals surface area contributed by atoms with Crippen LogP contribution < -0.4 is 0 Å². The lowest BCUT2D eigenvalue weighted by Gasteiger charge is -2.08. The largest absolute Gasteiger partial charge is 0.479 e. The number of carboxylic acid groups (broad SMARTS) is 1. The molecule has 0 amide bonds. The molecular formula is C8H16O5. The van der Waals surface area contributed by atoms with Crippen molar-refractivity contribution >= 4 is 5.97 Å². The Labute approximate surface area is 77.6 Å². The number of aliphatic carboxylic acids is 1. The SMILES string of the molecule is COCCOCCOC(C)C(=O)O. The van der Waals surface area contributed by atoms with E-state index in [0.717, 1.165) is 0 Å². The Morgan fingerprint density at radius 1 is 1.31 bits per heavy atom. The van der Waals surface area contributed by atoms with E-state index in [1.165, 1.54) is 6.92 Å². The smallest absolute Gasteiger partial charge is 0.332 e. The summed E-state index contributed by atoms with van der Waals surface area (Å²) in [6.07, 6.45) is -0.772. The van der Waals surface area contributed by atoms with Gasteiger partial charge < -0.3 is 19.3 Å². The highest BCUT2D eigenvalue weighted by atomic mass is 16.6. The van der Waals surface area contributed by atoms with Crippen molar-refractivity contribution in [1.29, 1.82) is 0 Å². The van der Waals surface area contributed by atoms with Crippen LogP contribution in [0, 0.1) is 0 Å². The third kappa shape index (κ3) is 7.70. The van der Waals surface area contributed by atoms with Crippen LogP contribution in [-0.4, -0.2) is 50.7 Å². The maximum absolute atomic E-state index is 10.3. The first-order valence-corrected chi connectivity index (χ1v) is 4.09. The number of rotatable bonds is 8. The first-order valence-electron chi connectivity index (χ1n) is 4.09. The average Bonchev–Trinajstić information content (AvgIpc) is 2.10. The normalized spacial score (nSPS) is 12.8. The summed E-state index contributed by atoms with van der Waals surface area (Å²) in [5.74, 6) is -0.961. The highest BCUT2D eigenvalue weighted by Gasteiger charge is 2.09. The molecule has 1 atom stereocenters. The second-order valence-corrected chi connectivity index (χ2v) is 2.46. The molecule has 13 heavy (non-hydrogen) atoms. The monoisotopic (exact) mass is 192 g/mol. The summed E-state index contributed by atoms with van der Waals surface area (Å²) in [7, 11) is 1.59. The standard InChI is InChI=1S/C8H16O5/c1-7(8(9)10)13-6-5-12-4-3-11-2/h7H,3-6H2,1-2H3,(H,9,10). The van der Waals surface area contributed by atoms with Crippen LogP contribution in [0.5, 0.6) is 0 Å². The minimum atomic E-state index is -0.961. The fourth-order valence-electron chi connectivity index (χ4n) is 0.599. The van der Waals surface area contributed by atoms with E-state index in [1.54, 1.807) is 7.11 Å². The van der Waals surface area contributed by atoms with Gasteiger partial charge in [-0.05, 0) is 6.92 Å². The molecule has 0 aromatic heterocycles. The van der Waals surface area contributed by atoms with Gasteiger partial charge in [-0.25, -0.2) is 4.79 Å². The van der Waals surface area contributed by atoms with Gasteiger partial charge >= 0.3 is 5.97 Å². The predicted molar refractivity (Wildman–Crippen MR) is 45.7 cm³/mol. The summed E-state index contributed by atoms with van der Waals surface area (Å²) in [4.78, 5) is 10.3. The van der Waals surface area contributed by atoms with Crippen molar-refractivity contribution < 1.29 is 24.1 Å². The first kappa shape index (κ1) is 12.3. The number of carbonyl (C=O) groups is 1. The zero-order valence-electron chi connectivity index (χ0n) is 7.99. The Bertz CT molecular complexity index is 136. The Morgan fingerprint density at radius 2 is 1.92 bits per heavy atom. The number of methoxy groups -OCH3 is 1. The second kappa shape index (κ2) is 7.97. The van der Waals surface area contributed by atoms with E-state index in [2.05, 4.69) is 0 Å². The lowest BCUT2D eigenvalue weighted by atomic mass is 10.4. The van der Waals surface area contributed by atoms with Gasteiger partial charge in [0.05, 0.1) is 26.4 Å². The lowest BCUT2D eigenvalue weighted by molar-refractivity contribution is -0.150. The van der Waals surface area contributed by atoms with Crippen molar-refractivity contribution in [3.05, 3.63) is 0 Å². The predicted octanol–water partition coefficient (Wildman–Crippen LogP) is 0.139. The van der Waals surface area contributed by atoms with E-state index >= 15 is 0 Å². The zero-order chi connectivity index (χ0) is 10.1. The van der Waals surface area contributed by atoms with Gasteiger partial charge in [-0.1, -0.05) is 0 Å². The Morgan fingerprint density at radius 3 is 2.46 bits per heavy atom. The van der Waals surface area contributed by atoms with Crippen molar-refractivity contribution in [3.8, 4) is 0 Å².